The Morgan fingerprint density at radius 2 is 2.21 bits per heavy atom. The summed E-state index contributed by atoms with van der Waals surface area (Å²) >= 11 is 0. The van der Waals surface area contributed by atoms with E-state index in [4.69, 9.17) is 9.47 Å². The Kier molecular flexibility index (Phi) is 3.19. The molecule has 0 saturated carbocycles. The van der Waals surface area contributed by atoms with Crippen molar-refractivity contribution in [2.24, 2.45) is 4.99 Å². The van der Waals surface area contributed by atoms with Gasteiger partial charge in [-0.25, -0.2) is 0 Å². The van der Waals surface area contributed by atoms with Gasteiger partial charge in [-0.05, 0) is 24.6 Å². The third-order valence-electron chi connectivity index (χ3n) is 3.74. The van der Waals surface area contributed by atoms with Gasteiger partial charge in [0, 0.05) is 25.2 Å². The first kappa shape index (κ1) is 12.1. The van der Waals surface area contributed by atoms with Gasteiger partial charge >= 0.3 is 0 Å². The highest BCUT2D eigenvalue weighted by Crippen LogP contribution is 2.36. The van der Waals surface area contributed by atoms with E-state index < -0.39 is 0 Å². The van der Waals surface area contributed by atoms with Crippen LogP contribution in [-0.4, -0.2) is 44.7 Å². The van der Waals surface area contributed by atoms with Crippen molar-refractivity contribution >= 4 is 5.96 Å². The zero-order valence-electron chi connectivity index (χ0n) is 11.3. The number of rotatable bonds is 3. The van der Waals surface area contributed by atoms with Crippen molar-refractivity contribution in [3.63, 3.8) is 0 Å². The van der Waals surface area contributed by atoms with Crippen LogP contribution in [-0.2, 0) is 0 Å². The molecule has 0 amide bonds. The predicted octanol–water partition coefficient (Wildman–Crippen LogP) is 1.41. The Hall–Kier alpha value is -1.91. The fourth-order valence-electron chi connectivity index (χ4n) is 2.82. The van der Waals surface area contributed by atoms with Crippen LogP contribution in [0.25, 0.3) is 0 Å². The molecule has 102 valence electrons. The lowest BCUT2D eigenvalue weighted by Crippen LogP contribution is -2.37. The van der Waals surface area contributed by atoms with Gasteiger partial charge in [-0.1, -0.05) is 0 Å². The number of nitrogens with one attached hydrogen (secondary N) is 1. The van der Waals surface area contributed by atoms with Crippen LogP contribution in [0.4, 0.5) is 0 Å². The molecule has 5 heteroatoms. The van der Waals surface area contributed by atoms with Crippen molar-refractivity contribution in [2.75, 3.05) is 33.9 Å². The van der Waals surface area contributed by atoms with E-state index in [1.807, 2.05) is 12.1 Å². The van der Waals surface area contributed by atoms with Gasteiger partial charge in [0.05, 0.1) is 20.3 Å². The molecule has 1 aromatic rings. The molecule has 2 heterocycles. The van der Waals surface area contributed by atoms with Crippen molar-refractivity contribution in [3.8, 4) is 11.5 Å². The van der Waals surface area contributed by atoms with Crippen molar-refractivity contribution in [1.82, 2.24) is 10.2 Å². The van der Waals surface area contributed by atoms with E-state index in [1.54, 1.807) is 14.2 Å². The number of ether oxygens (including phenoxy) is 2. The second-order valence-electron chi connectivity index (χ2n) is 4.74. The molecule has 2 aliphatic rings. The maximum Gasteiger partial charge on any atom is 0.194 e. The second kappa shape index (κ2) is 4.99. The van der Waals surface area contributed by atoms with Crippen LogP contribution in [0, 0.1) is 0 Å². The van der Waals surface area contributed by atoms with Gasteiger partial charge in [0.15, 0.2) is 5.96 Å². The molecule has 2 aliphatic heterocycles. The lowest BCUT2D eigenvalue weighted by Gasteiger charge is -2.33. The largest absolute Gasteiger partial charge is 0.497 e. The van der Waals surface area contributed by atoms with Crippen molar-refractivity contribution in [3.05, 3.63) is 23.8 Å². The Morgan fingerprint density at radius 1 is 1.32 bits per heavy atom. The molecule has 1 unspecified atom stereocenters. The van der Waals surface area contributed by atoms with Crippen LogP contribution in [0.1, 0.15) is 18.0 Å². The molecule has 1 N–H and O–H groups in total. The van der Waals surface area contributed by atoms with E-state index in [9.17, 15) is 0 Å². The Balaban J connectivity index is 1.98. The third kappa shape index (κ3) is 2.09. The summed E-state index contributed by atoms with van der Waals surface area (Å²) in [7, 11) is 3.40. The summed E-state index contributed by atoms with van der Waals surface area (Å²) in [5, 5.41) is 3.33. The predicted molar refractivity (Wildman–Crippen MR) is 73.9 cm³/mol. The highest BCUT2D eigenvalue weighted by Gasteiger charge is 2.32. The average molecular weight is 261 g/mol. The number of guanidine groups is 1. The molecule has 3 rings (SSSR count). The molecule has 0 spiro atoms. The zero-order chi connectivity index (χ0) is 13.2. The van der Waals surface area contributed by atoms with Gasteiger partial charge in [-0.15, -0.1) is 0 Å². The number of nitrogens with zero attached hydrogens (tertiary/aromatic N) is 2. The van der Waals surface area contributed by atoms with Crippen LogP contribution in [0.3, 0.4) is 0 Å². The van der Waals surface area contributed by atoms with Gasteiger partial charge in [0.25, 0.3) is 0 Å². The Morgan fingerprint density at radius 3 is 3.00 bits per heavy atom. The van der Waals surface area contributed by atoms with Gasteiger partial charge in [-0.3, -0.25) is 4.99 Å². The SMILES string of the molecule is COc1ccc(OC)c(C2CCN=C3NCCN32)c1. The summed E-state index contributed by atoms with van der Waals surface area (Å²) in [4.78, 5) is 6.84. The molecular formula is C14H19N3O2. The average Bonchev–Trinajstić information content (AvgIpc) is 2.94. The first-order chi connectivity index (χ1) is 9.33. The number of fused-ring (bicyclic) bond motifs is 1. The number of methoxy groups -OCH3 is 2. The summed E-state index contributed by atoms with van der Waals surface area (Å²) in [5.41, 5.74) is 1.18. The minimum absolute atomic E-state index is 0.313. The lowest BCUT2D eigenvalue weighted by atomic mass is 9.99. The third-order valence-corrected chi connectivity index (χ3v) is 3.74. The normalized spacial score (nSPS) is 21.5. The van der Waals surface area contributed by atoms with E-state index >= 15 is 0 Å². The smallest absolute Gasteiger partial charge is 0.194 e. The fourth-order valence-corrected chi connectivity index (χ4v) is 2.82. The van der Waals surface area contributed by atoms with E-state index in [1.165, 1.54) is 5.56 Å². The maximum atomic E-state index is 5.50. The fraction of sp³-hybridized carbons (Fsp3) is 0.500. The maximum absolute atomic E-state index is 5.50. The second-order valence-corrected chi connectivity index (χ2v) is 4.74. The molecule has 1 saturated heterocycles. The first-order valence-electron chi connectivity index (χ1n) is 6.60. The van der Waals surface area contributed by atoms with E-state index in [-0.39, 0.29) is 0 Å². The van der Waals surface area contributed by atoms with Gasteiger partial charge in [0.2, 0.25) is 0 Å². The molecule has 1 atom stereocenters. The Bertz CT molecular complexity index is 501. The highest BCUT2D eigenvalue weighted by atomic mass is 16.5. The summed E-state index contributed by atoms with van der Waals surface area (Å²) in [6.07, 6.45) is 1.01. The van der Waals surface area contributed by atoms with Crippen molar-refractivity contribution in [2.45, 2.75) is 12.5 Å². The van der Waals surface area contributed by atoms with E-state index in [0.717, 1.165) is 43.5 Å². The monoisotopic (exact) mass is 261 g/mol. The lowest BCUT2D eigenvalue weighted by molar-refractivity contribution is 0.300. The van der Waals surface area contributed by atoms with Crippen LogP contribution >= 0.6 is 0 Å². The number of hydrogen-bond acceptors (Lipinski definition) is 5. The van der Waals surface area contributed by atoms with E-state index in [0.29, 0.717) is 6.04 Å². The number of aliphatic imine (C=N–C) groups is 1. The quantitative estimate of drug-likeness (QED) is 0.893. The van der Waals surface area contributed by atoms with Crippen molar-refractivity contribution < 1.29 is 9.47 Å². The molecule has 1 aromatic carbocycles. The molecule has 1 fully saturated rings. The summed E-state index contributed by atoms with van der Waals surface area (Å²) in [6, 6.07) is 6.29. The van der Waals surface area contributed by atoms with Crippen molar-refractivity contribution in [1.29, 1.82) is 0 Å². The minimum atomic E-state index is 0.313. The molecule has 5 nitrogen and oxygen atoms in total. The first-order valence-corrected chi connectivity index (χ1v) is 6.60. The topological polar surface area (TPSA) is 46.1 Å². The molecule has 0 aliphatic carbocycles. The summed E-state index contributed by atoms with van der Waals surface area (Å²) in [5.74, 6) is 2.80. The summed E-state index contributed by atoms with van der Waals surface area (Å²) < 4.78 is 10.8. The van der Waals surface area contributed by atoms with Crippen LogP contribution < -0.4 is 14.8 Å². The molecular weight excluding hydrogens is 242 g/mol. The van der Waals surface area contributed by atoms with E-state index in [2.05, 4.69) is 21.3 Å². The minimum Gasteiger partial charge on any atom is -0.497 e. The zero-order valence-corrected chi connectivity index (χ0v) is 11.3. The van der Waals surface area contributed by atoms with Crippen LogP contribution in [0.2, 0.25) is 0 Å². The standard InChI is InChI=1S/C14H19N3O2/c1-18-10-3-4-13(19-2)11(9-10)12-5-6-15-14-16-7-8-17(12)14/h3-4,9,12H,5-8H2,1-2H3,(H,15,16). The summed E-state index contributed by atoms with van der Waals surface area (Å²) in [6.45, 7) is 2.80. The van der Waals surface area contributed by atoms with Gasteiger partial charge < -0.3 is 19.7 Å². The molecule has 19 heavy (non-hydrogen) atoms. The van der Waals surface area contributed by atoms with Crippen LogP contribution in [0.15, 0.2) is 23.2 Å². The molecule has 0 bridgehead atoms. The number of hydrogen-bond donors (Lipinski definition) is 1. The molecule has 0 aromatic heterocycles. The van der Waals surface area contributed by atoms with Gasteiger partial charge in [-0.2, -0.15) is 0 Å². The molecule has 0 radical (unpaired) electrons. The number of benzene rings is 1. The Labute approximate surface area is 113 Å². The van der Waals surface area contributed by atoms with Crippen LogP contribution in [0.5, 0.6) is 11.5 Å². The highest BCUT2D eigenvalue weighted by molar-refractivity contribution is 5.83. The van der Waals surface area contributed by atoms with Gasteiger partial charge in [0.1, 0.15) is 11.5 Å².